The average molecular weight is 260 g/mol. The number of hydrogen-bond acceptors (Lipinski definition) is 3. The Balaban J connectivity index is 2.17. The topological polar surface area (TPSA) is 44.1 Å². The van der Waals surface area contributed by atoms with Gasteiger partial charge in [-0.3, -0.25) is 4.79 Å². The Labute approximate surface area is 112 Å². The van der Waals surface area contributed by atoms with Gasteiger partial charge in [-0.2, -0.15) is 5.26 Å². The van der Waals surface area contributed by atoms with Crippen LogP contribution in [0.1, 0.15) is 24.8 Å². The van der Waals surface area contributed by atoms with Crippen molar-refractivity contribution in [2.45, 2.75) is 24.5 Å². The number of hydrogen-bond donors (Lipinski definition) is 0. The fraction of sp³-hybridized carbons (Fsp3) is 0.429. The minimum atomic E-state index is 0.0514. The molecule has 4 heteroatoms. The third-order valence-electron chi connectivity index (χ3n) is 3.17. The van der Waals surface area contributed by atoms with E-state index in [0.29, 0.717) is 11.3 Å². The van der Waals surface area contributed by atoms with Gasteiger partial charge in [-0.05, 0) is 30.7 Å². The Morgan fingerprint density at radius 2 is 2.22 bits per heavy atom. The lowest BCUT2D eigenvalue weighted by atomic mass is 10.1. The van der Waals surface area contributed by atoms with Crippen molar-refractivity contribution in [3.8, 4) is 6.07 Å². The summed E-state index contributed by atoms with van der Waals surface area (Å²) in [6.07, 6.45) is 3.27. The highest BCUT2D eigenvalue weighted by Gasteiger charge is 2.26. The smallest absolute Gasteiger partial charge is 0.239 e. The van der Waals surface area contributed by atoms with Crippen LogP contribution in [0.15, 0.2) is 24.3 Å². The molecule has 18 heavy (non-hydrogen) atoms. The first kappa shape index (κ1) is 13.0. The molecule has 3 nitrogen and oxygen atoms in total. The number of nitrogens with zero attached hydrogens (tertiary/aromatic N) is 2. The second kappa shape index (κ2) is 5.92. The summed E-state index contributed by atoms with van der Waals surface area (Å²) < 4.78 is 0. The summed E-state index contributed by atoms with van der Waals surface area (Å²) in [5, 5.41) is 9.12. The number of anilines is 1. The molecule has 0 aliphatic carbocycles. The molecule has 1 atom stereocenters. The van der Waals surface area contributed by atoms with Gasteiger partial charge in [0.1, 0.15) is 6.07 Å². The van der Waals surface area contributed by atoms with Crippen molar-refractivity contribution < 1.29 is 4.79 Å². The molecule has 0 N–H and O–H groups in total. The molecule has 1 aromatic rings. The lowest BCUT2D eigenvalue weighted by Crippen LogP contribution is -2.36. The zero-order valence-electron chi connectivity index (χ0n) is 10.4. The lowest BCUT2D eigenvalue weighted by molar-refractivity contribution is -0.118. The monoisotopic (exact) mass is 260 g/mol. The summed E-state index contributed by atoms with van der Waals surface area (Å²) in [4.78, 5) is 14.0. The van der Waals surface area contributed by atoms with Crippen LogP contribution in [0.3, 0.4) is 0 Å². The molecule has 0 aromatic heterocycles. The third kappa shape index (κ3) is 2.68. The molecule has 1 fully saturated rings. The zero-order valence-corrected chi connectivity index (χ0v) is 11.2. The van der Waals surface area contributed by atoms with Crippen LogP contribution < -0.4 is 4.90 Å². The molecule has 1 unspecified atom stereocenters. The van der Waals surface area contributed by atoms with Crippen LogP contribution in [0.5, 0.6) is 0 Å². The molecule has 94 valence electrons. The molecule has 1 saturated heterocycles. The second-order valence-corrected chi connectivity index (χ2v) is 5.69. The highest BCUT2D eigenvalue weighted by molar-refractivity contribution is 8.00. The third-order valence-corrected chi connectivity index (χ3v) is 4.54. The van der Waals surface area contributed by atoms with Gasteiger partial charge in [-0.25, -0.2) is 0 Å². The van der Waals surface area contributed by atoms with E-state index in [4.69, 9.17) is 5.26 Å². The molecule has 0 spiro atoms. The van der Waals surface area contributed by atoms with Crippen LogP contribution in [0, 0.1) is 11.3 Å². The Bertz CT molecular complexity index is 475. The maximum absolute atomic E-state index is 12.4. The number of benzene rings is 1. The maximum Gasteiger partial charge on any atom is 0.239 e. The molecule has 0 saturated carbocycles. The van der Waals surface area contributed by atoms with E-state index in [-0.39, 0.29) is 11.2 Å². The number of para-hydroxylation sites is 1. The van der Waals surface area contributed by atoms with Gasteiger partial charge in [-0.15, -0.1) is 11.8 Å². The predicted octanol–water partition coefficient (Wildman–Crippen LogP) is 2.81. The van der Waals surface area contributed by atoms with E-state index in [1.54, 1.807) is 29.8 Å². The number of thioether (sulfide) groups is 1. The molecule has 2 rings (SSSR count). The van der Waals surface area contributed by atoms with Crippen LogP contribution in [-0.4, -0.2) is 24.0 Å². The summed E-state index contributed by atoms with van der Waals surface area (Å²) in [7, 11) is 1.76. The van der Waals surface area contributed by atoms with E-state index in [1.807, 2.05) is 18.2 Å². The lowest BCUT2D eigenvalue weighted by Gasteiger charge is -2.26. The predicted molar refractivity (Wildman–Crippen MR) is 74.7 cm³/mol. The molecule has 0 radical (unpaired) electrons. The fourth-order valence-corrected chi connectivity index (χ4v) is 3.42. The van der Waals surface area contributed by atoms with Crippen LogP contribution in [0.2, 0.25) is 0 Å². The molecule has 0 bridgehead atoms. The molecule has 1 aliphatic heterocycles. The van der Waals surface area contributed by atoms with Crippen molar-refractivity contribution in [1.82, 2.24) is 0 Å². The van der Waals surface area contributed by atoms with Crippen molar-refractivity contribution in [3.05, 3.63) is 29.8 Å². The van der Waals surface area contributed by atoms with Crippen LogP contribution >= 0.6 is 11.8 Å². The number of carbonyl (C=O) groups is 1. The highest BCUT2D eigenvalue weighted by Crippen LogP contribution is 2.28. The number of rotatable bonds is 2. The van der Waals surface area contributed by atoms with Gasteiger partial charge in [0.05, 0.1) is 16.5 Å². The van der Waals surface area contributed by atoms with Gasteiger partial charge in [0.15, 0.2) is 0 Å². The quantitative estimate of drug-likeness (QED) is 0.821. The van der Waals surface area contributed by atoms with E-state index in [2.05, 4.69) is 6.07 Å². The maximum atomic E-state index is 12.4. The standard InChI is InChI=1S/C14H16N2OS/c1-16(12-7-3-2-6-11(12)10-15)14(17)13-8-4-5-9-18-13/h2-3,6-7,13H,4-5,8-9H2,1H3. The summed E-state index contributed by atoms with van der Waals surface area (Å²) in [6.45, 7) is 0. The SMILES string of the molecule is CN(C(=O)C1CCCCS1)c1ccccc1C#N. The zero-order chi connectivity index (χ0) is 13.0. The molecule has 1 amide bonds. The number of nitriles is 1. The van der Waals surface area contributed by atoms with Crippen LogP contribution in [0.4, 0.5) is 5.69 Å². The Hall–Kier alpha value is -1.47. The molecule has 1 aromatic carbocycles. The van der Waals surface area contributed by atoms with Gasteiger partial charge in [0.25, 0.3) is 0 Å². The Kier molecular flexibility index (Phi) is 4.27. The van der Waals surface area contributed by atoms with Crippen molar-refractivity contribution >= 4 is 23.4 Å². The Morgan fingerprint density at radius 3 is 2.89 bits per heavy atom. The van der Waals surface area contributed by atoms with E-state index in [0.717, 1.165) is 18.6 Å². The normalized spacial score (nSPS) is 19.0. The molecular formula is C14H16N2OS. The number of carbonyl (C=O) groups excluding carboxylic acids is 1. The summed E-state index contributed by atoms with van der Waals surface area (Å²) in [5.74, 6) is 1.17. The van der Waals surface area contributed by atoms with Gasteiger partial charge in [-0.1, -0.05) is 18.6 Å². The summed E-state index contributed by atoms with van der Waals surface area (Å²) >= 11 is 1.73. The summed E-state index contributed by atoms with van der Waals surface area (Å²) in [6, 6.07) is 9.37. The average Bonchev–Trinajstić information content (AvgIpc) is 2.46. The van der Waals surface area contributed by atoms with Gasteiger partial charge >= 0.3 is 0 Å². The Morgan fingerprint density at radius 1 is 1.44 bits per heavy atom. The fourth-order valence-electron chi connectivity index (χ4n) is 2.13. The minimum absolute atomic E-state index is 0.0514. The highest BCUT2D eigenvalue weighted by atomic mass is 32.2. The second-order valence-electron chi connectivity index (χ2n) is 4.38. The minimum Gasteiger partial charge on any atom is -0.313 e. The largest absolute Gasteiger partial charge is 0.313 e. The van der Waals surface area contributed by atoms with Crippen LogP contribution in [-0.2, 0) is 4.79 Å². The van der Waals surface area contributed by atoms with Gasteiger partial charge in [0, 0.05) is 7.05 Å². The van der Waals surface area contributed by atoms with E-state index in [1.165, 1.54) is 6.42 Å². The summed E-state index contributed by atoms with van der Waals surface area (Å²) in [5.41, 5.74) is 1.25. The van der Waals surface area contributed by atoms with E-state index >= 15 is 0 Å². The molecule has 1 aliphatic rings. The molecule has 1 heterocycles. The van der Waals surface area contributed by atoms with E-state index < -0.39 is 0 Å². The number of amides is 1. The van der Waals surface area contributed by atoms with Gasteiger partial charge in [0.2, 0.25) is 5.91 Å². The van der Waals surface area contributed by atoms with Crippen LogP contribution in [0.25, 0.3) is 0 Å². The first-order valence-electron chi connectivity index (χ1n) is 6.12. The first-order valence-corrected chi connectivity index (χ1v) is 7.17. The van der Waals surface area contributed by atoms with Gasteiger partial charge < -0.3 is 4.90 Å². The van der Waals surface area contributed by atoms with E-state index in [9.17, 15) is 4.79 Å². The van der Waals surface area contributed by atoms with Crippen molar-refractivity contribution in [3.63, 3.8) is 0 Å². The van der Waals surface area contributed by atoms with Crippen molar-refractivity contribution in [2.75, 3.05) is 17.7 Å². The first-order chi connectivity index (χ1) is 8.74. The van der Waals surface area contributed by atoms with Crippen molar-refractivity contribution in [1.29, 1.82) is 5.26 Å². The van der Waals surface area contributed by atoms with Crippen molar-refractivity contribution in [2.24, 2.45) is 0 Å². The molecular weight excluding hydrogens is 244 g/mol.